The van der Waals surface area contributed by atoms with Gasteiger partial charge in [0.25, 0.3) is 0 Å². The highest BCUT2D eigenvalue weighted by molar-refractivity contribution is 5.93. The van der Waals surface area contributed by atoms with Gasteiger partial charge in [0.1, 0.15) is 12.4 Å². The highest BCUT2D eigenvalue weighted by Gasteiger charge is 2.01. The van der Waals surface area contributed by atoms with Crippen molar-refractivity contribution in [2.75, 3.05) is 0 Å². The van der Waals surface area contributed by atoms with Crippen LogP contribution in [0.2, 0.25) is 0 Å². The monoisotopic (exact) mass is 380 g/mol. The maximum Gasteiger partial charge on any atom is 0.248 e. The lowest BCUT2D eigenvalue weighted by atomic mass is 10.1. The number of ether oxygens (including phenoxy) is 1. The zero-order chi connectivity index (χ0) is 20.1. The van der Waals surface area contributed by atoms with Crippen molar-refractivity contribution in [3.05, 3.63) is 107 Å². The predicted octanol–water partition coefficient (Wildman–Crippen LogP) is 5.08. The van der Waals surface area contributed by atoms with E-state index in [0.717, 1.165) is 33.5 Å². The smallest absolute Gasteiger partial charge is 0.248 e. The molecule has 0 fully saturated rings. The second kappa shape index (κ2) is 8.40. The van der Waals surface area contributed by atoms with Crippen LogP contribution in [0, 0.1) is 0 Å². The van der Waals surface area contributed by atoms with Gasteiger partial charge in [0.15, 0.2) is 0 Å². The average molecular weight is 380 g/mol. The molecule has 0 saturated heterocycles. The molecule has 4 heteroatoms. The van der Waals surface area contributed by atoms with Gasteiger partial charge in [0.05, 0.1) is 11.2 Å². The third-order valence-corrected chi connectivity index (χ3v) is 4.59. The lowest BCUT2D eigenvalue weighted by molar-refractivity contribution is 0.100. The Morgan fingerprint density at radius 2 is 1.48 bits per heavy atom. The highest BCUT2D eigenvalue weighted by atomic mass is 16.5. The zero-order valence-electron chi connectivity index (χ0n) is 15.8. The third-order valence-electron chi connectivity index (χ3n) is 4.59. The summed E-state index contributed by atoms with van der Waals surface area (Å²) >= 11 is 0. The first-order chi connectivity index (χ1) is 14.2. The minimum Gasteiger partial charge on any atom is -0.487 e. The number of carbonyl (C=O) groups is 1. The summed E-state index contributed by atoms with van der Waals surface area (Å²) in [5, 5.41) is 1.12. The standard InChI is InChI=1S/C25H20N2O2/c26-25(28)21-11-7-18(8-12-21)5-6-19-9-15-23(16-10-19)29-17-22-14-13-20-3-1-2-4-24(20)27-22/h1-16H,17H2,(H2,26,28)/b6-5+. The number of hydrogen-bond acceptors (Lipinski definition) is 3. The van der Waals surface area contributed by atoms with Gasteiger partial charge in [-0.3, -0.25) is 4.79 Å². The van der Waals surface area contributed by atoms with Gasteiger partial charge in [-0.2, -0.15) is 0 Å². The molecule has 142 valence electrons. The van der Waals surface area contributed by atoms with Crippen LogP contribution in [0.25, 0.3) is 23.1 Å². The summed E-state index contributed by atoms with van der Waals surface area (Å²) in [5.41, 5.74) is 9.68. The van der Waals surface area contributed by atoms with Crippen LogP contribution in [0.3, 0.4) is 0 Å². The van der Waals surface area contributed by atoms with Gasteiger partial charge < -0.3 is 10.5 Å². The van der Waals surface area contributed by atoms with E-state index in [1.54, 1.807) is 12.1 Å². The molecule has 4 nitrogen and oxygen atoms in total. The number of carbonyl (C=O) groups excluding carboxylic acids is 1. The van der Waals surface area contributed by atoms with E-state index >= 15 is 0 Å². The third kappa shape index (κ3) is 4.68. The molecule has 4 rings (SSSR count). The maximum atomic E-state index is 11.1. The van der Waals surface area contributed by atoms with E-state index in [-0.39, 0.29) is 0 Å². The van der Waals surface area contributed by atoms with Crippen LogP contribution in [0.5, 0.6) is 5.75 Å². The van der Waals surface area contributed by atoms with E-state index in [2.05, 4.69) is 11.1 Å². The zero-order valence-corrected chi connectivity index (χ0v) is 15.8. The number of hydrogen-bond donors (Lipinski definition) is 1. The lowest BCUT2D eigenvalue weighted by Gasteiger charge is -2.07. The molecule has 1 aromatic heterocycles. The summed E-state index contributed by atoms with van der Waals surface area (Å²) in [6.45, 7) is 0.423. The van der Waals surface area contributed by atoms with E-state index in [4.69, 9.17) is 10.5 Å². The predicted molar refractivity (Wildman–Crippen MR) is 116 cm³/mol. The number of nitrogens with zero attached hydrogens (tertiary/aromatic N) is 1. The Morgan fingerprint density at radius 3 is 2.17 bits per heavy atom. The van der Waals surface area contributed by atoms with Crippen molar-refractivity contribution in [3.8, 4) is 5.75 Å². The molecule has 0 radical (unpaired) electrons. The number of para-hydroxylation sites is 1. The largest absolute Gasteiger partial charge is 0.487 e. The van der Waals surface area contributed by atoms with E-state index in [0.29, 0.717) is 12.2 Å². The lowest BCUT2D eigenvalue weighted by Crippen LogP contribution is -2.10. The van der Waals surface area contributed by atoms with Gasteiger partial charge in [-0.15, -0.1) is 0 Å². The Morgan fingerprint density at radius 1 is 0.828 bits per heavy atom. The first-order valence-corrected chi connectivity index (χ1v) is 9.33. The van der Waals surface area contributed by atoms with Gasteiger partial charge in [-0.05, 0) is 47.5 Å². The van der Waals surface area contributed by atoms with Gasteiger partial charge in [0.2, 0.25) is 5.91 Å². The molecule has 0 spiro atoms. The highest BCUT2D eigenvalue weighted by Crippen LogP contribution is 2.17. The Labute approximate surface area is 169 Å². The molecular formula is C25H20N2O2. The minimum absolute atomic E-state index is 0.421. The molecule has 0 bridgehead atoms. The molecule has 4 aromatic rings. The second-order valence-corrected chi connectivity index (χ2v) is 6.67. The van der Waals surface area contributed by atoms with E-state index in [9.17, 15) is 4.79 Å². The van der Waals surface area contributed by atoms with Crippen LogP contribution >= 0.6 is 0 Å². The van der Waals surface area contributed by atoms with E-state index in [1.807, 2.05) is 78.9 Å². The summed E-state index contributed by atoms with van der Waals surface area (Å²) in [7, 11) is 0. The van der Waals surface area contributed by atoms with Gasteiger partial charge in [0, 0.05) is 10.9 Å². The van der Waals surface area contributed by atoms with Gasteiger partial charge >= 0.3 is 0 Å². The number of rotatable bonds is 6. The molecule has 29 heavy (non-hydrogen) atoms. The molecule has 1 heterocycles. The quantitative estimate of drug-likeness (QED) is 0.474. The number of nitrogens with two attached hydrogens (primary N) is 1. The van der Waals surface area contributed by atoms with E-state index < -0.39 is 5.91 Å². The summed E-state index contributed by atoms with van der Waals surface area (Å²) in [6, 6.07) is 27.1. The number of benzene rings is 3. The van der Waals surface area contributed by atoms with Crippen LogP contribution in [-0.2, 0) is 6.61 Å². The molecule has 0 atom stereocenters. The molecule has 1 amide bonds. The fourth-order valence-electron chi connectivity index (χ4n) is 2.97. The van der Waals surface area contributed by atoms with Crippen molar-refractivity contribution in [1.29, 1.82) is 0 Å². The van der Waals surface area contributed by atoms with Crippen molar-refractivity contribution in [2.45, 2.75) is 6.61 Å². The number of amides is 1. The summed E-state index contributed by atoms with van der Waals surface area (Å²) in [4.78, 5) is 15.7. The fraction of sp³-hybridized carbons (Fsp3) is 0.0400. The van der Waals surface area contributed by atoms with Crippen molar-refractivity contribution < 1.29 is 9.53 Å². The number of aromatic nitrogens is 1. The molecule has 0 unspecified atom stereocenters. The molecule has 0 aliphatic rings. The number of pyridine rings is 1. The van der Waals surface area contributed by atoms with Gasteiger partial charge in [-0.25, -0.2) is 4.98 Å². The van der Waals surface area contributed by atoms with E-state index in [1.165, 1.54) is 0 Å². The molecule has 3 aromatic carbocycles. The Kier molecular flexibility index (Phi) is 5.34. The van der Waals surface area contributed by atoms with Crippen LogP contribution in [0.1, 0.15) is 27.2 Å². The van der Waals surface area contributed by atoms with Crippen molar-refractivity contribution >= 4 is 29.0 Å². The topological polar surface area (TPSA) is 65.2 Å². The fourth-order valence-corrected chi connectivity index (χ4v) is 2.97. The van der Waals surface area contributed by atoms with Crippen LogP contribution < -0.4 is 10.5 Å². The summed E-state index contributed by atoms with van der Waals surface area (Å²) in [6.07, 6.45) is 3.99. The van der Waals surface area contributed by atoms with Crippen LogP contribution in [0.4, 0.5) is 0 Å². The maximum absolute atomic E-state index is 11.1. The second-order valence-electron chi connectivity index (χ2n) is 6.67. The molecule has 0 saturated carbocycles. The molecule has 0 aliphatic heterocycles. The SMILES string of the molecule is NC(=O)c1ccc(/C=C/c2ccc(OCc3ccc4ccccc4n3)cc2)cc1. The van der Waals surface area contributed by atoms with Crippen molar-refractivity contribution in [1.82, 2.24) is 4.98 Å². The first-order valence-electron chi connectivity index (χ1n) is 9.33. The normalized spacial score (nSPS) is 11.0. The van der Waals surface area contributed by atoms with Crippen molar-refractivity contribution in [3.63, 3.8) is 0 Å². The molecule has 0 aliphatic carbocycles. The first kappa shape index (κ1) is 18.4. The summed E-state index contributed by atoms with van der Waals surface area (Å²) in [5.74, 6) is 0.373. The Bertz CT molecular complexity index is 1160. The summed E-state index contributed by atoms with van der Waals surface area (Å²) < 4.78 is 5.86. The van der Waals surface area contributed by atoms with Crippen LogP contribution in [0.15, 0.2) is 84.9 Å². The average Bonchev–Trinajstić information content (AvgIpc) is 2.77. The number of primary amides is 1. The van der Waals surface area contributed by atoms with Crippen molar-refractivity contribution in [2.24, 2.45) is 5.73 Å². The number of fused-ring (bicyclic) bond motifs is 1. The Balaban J connectivity index is 1.37. The molecular weight excluding hydrogens is 360 g/mol. The minimum atomic E-state index is -0.421. The Hall–Kier alpha value is -3.92. The van der Waals surface area contributed by atoms with Gasteiger partial charge in [-0.1, -0.05) is 60.7 Å². The molecule has 2 N–H and O–H groups in total. The van der Waals surface area contributed by atoms with Crippen LogP contribution in [-0.4, -0.2) is 10.9 Å².